The fourth-order valence-corrected chi connectivity index (χ4v) is 4.16. The van der Waals surface area contributed by atoms with Crippen molar-refractivity contribution >= 4 is 5.91 Å². The Balaban J connectivity index is 1.52. The van der Waals surface area contributed by atoms with Gasteiger partial charge in [0.15, 0.2) is 0 Å². The summed E-state index contributed by atoms with van der Waals surface area (Å²) in [6.45, 7) is 4.03. The van der Waals surface area contributed by atoms with Crippen LogP contribution in [0.15, 0.2) is 36.7 Å². The number of carbonyl (C=O) groups is 1. The molecule has 5 nitrogen and oxygen atoms in total. The maximum absolute atomic E-state index is 13.7. The number of nitrogens with zero attached hydrogens (tertiary/aromatic N) is 4. The van der Waals surface area contributed by atoms with E-state index in [1.54, 1.807) is 18.5 Å². The Hall–Kier alpha value is -2.34. The van der Waals surface area contributed by atoms with Crippen molar-refractivity contribution in [1.29, 1.82) is 0 Å². The van der Waals surface area contributed by atoms with E-state index in [-0.39, 0.29) is 17.6 Å². The summed E-state index contributed by atoms with van der Waals surface area (Å²) in [7, 11) is 0. The zero-order valence-corrected chi connectivity index (χ0v) is 15.5. The maximum atomic E-state index is 13.7. The Labute approximate surface area is 159 Å². The molecule has 1 amide bonds. The van der Waals surface area contributed by atoms with Crippen LogP contribution in [0, 0.1) is 5.82 Å². The summed E-state index contributed by atoms with van der Waals surface area (Å²) in [5, 5.41) is 0. The van der Waals surface area contributed by atoms with Gasteiger partial charge < -0.3 is 4.90 Å². The zero-order chi connectivity index (χ0) is 18.6. The quantitative estimate of drug-likeness (QED) is 0.832. The summed E-state index contributed by atoms with van der Waals surface area (Å²) in [5.74, 6) is 0.0567. The van der Waals surface area contributed by atoms with Gasteiger partial charge in [-0.2, -0.15) is 0 Å². The van der Waals surface area contributed by atoms with Crippen molar-refractivity contribution in [2.45, 2.75) is 31.6 Å². The Bertz CT molecular complexity index is 806. The average molecular weight is 368 g/mol. The lowest BCUT2D eigenvalue weighted by Gasteiger charge is -2.34. The molecule has 2 aliphatic rings. The molecule has 0 radical (unpaired) electrons. The minimum atomic E-state index is -0.282. The molecule has 2 aromatic rings. The highest BCUT2D eigenvalue weighted by atomic mass is 19.1. The highest BCUT2D eigenvalue weighted by Crippen LogP contribution is 2.32. The largest absolute Gasteiger partial charge is 0.341 e. The van der Waals surface area contributed by atoms with Crippen LogP contribution in [-0.2, 0) is 4.79 Å². The van der Waals surface area contributed by atoms with E-state index in [9.17, 15) is 9.18 Å². The van der Waals surface area contributed by atoms with Crippen LogP contribution in [0.25, 0.3) is 11.3 Å². The van der Waals surface area contributed by atoms with E-state index in [1.165, 1.54) is 25.0 Å². The number of rotatable bonds is 4. The first-order chi connectivity index (χ1) is 13.2. The van der Waals surface area contributed by atoms with Crippen molar-refractivity contribution in [2.24, 2.45) is 0 Å². The molecular weight excluding hydrogens is 343 g/mol. The van der Waals surface area contributed by atoms with Crippen LogP contribution in [-0.4, -0.2) is 58.4 Å². The lowest BCUT2D eigenvalue weighted by molar-refractivity contribution is -0.133. The Morgan fingerprint density at radius 1 is 1.11 bits per heavy atom. The number of hydrogen-bond acceptors (Lipinski definition) is 4. The molecule has 0 N–H and O–H groups in total. The number of aromatic nitrogens is 2. The predicted octanol–water partition coefficient (Wildman–Crippen LogP) is 3.08. The standard InChI is InChI=1S/C21H25FN4O/c22-18-7-3-5-16(13-18)20-21(24-9-8-23-20)17-6-4-12-26(14-17)19(27)15-25-10-1-2-11-25/h3,5,7-9,13,17H,1-2,4,6,10-12,14-15H2/t17-/m0/s1. The molecule has 1 aromatic heterocycles. The van der Waals surface area contributed by atoms with Gasteiger partial charge >= 0.3 is 0 Å². The molecule has 142 valence electrons. The van der Waals surface area contributed by atoms with Crippen LogP contribution in [0.3, 0.4) is 0 Å². The molecule has 2 fully saturated rings. The van der Waals surface area contributed by atoms with Gasteiger partial charge in [0.25, 0.3) is 0 Å². The summed E-state index contributed by atoms with van der Waals surface area (Å²) in [4.78, 5) is 26.0. The van der Waals surface area contributed by atoms with Gasteiger partial charge in [0.1, 0.15) is 5.82 Å². The fourth-order valence-electron chi connectivity index (χ4n) is 4.16. The van der Waals surface area contributed by atoms with Crippen molar-refractivity contribution in [1.82, 2.24) is 19.8 Å². The van der Waals surface area contributed by atoms with E-state index in [0.717, 1.165) is 49.4 Å². The van der Waals surface area contributed by atoms with Crippen LogP contribution in [0.5, 0.6) is 0 Å². The third-order valence-corrected chi connectivity index (χ3v) is 5.54. The van der Waals surface area contributed by atoms with Crippen LogP contribution >= 0.6 is 0 Å². The van der Waals surface area contributed by atoms with Gasteiger partial charge in [-0.15, -0.1) is 0 Å². The lowest BCUT2D eigenvalue weighted by Crippen LogP contribution is -2.44. The van der Waals surface area contributed by atoms with E-state index in [4.69, 9.17) is 0 Å². The first-order valence-corrected chi connectivity index (χ1v) is 9.77. The van der Waals surface area contributed by atoms with Gasteiger partial charge in [-0.1, -0.05) is 12.1 Å². The van der Waals surface area contributed by atoms with Crippen LogP contribution in [0.4, 0.5) is 4.39 Å². The van der Waals surface area contributed by atoms with Gasteiger partial charge in [-0.25, -0.2) is 4.39 Å². The maximum Gasteiger partial charge on any atom is 0.236 e. The van der Waals surface area contributed by atoms with Crippen molar-refractivity contribution in [3.8, 4) is 11.3 Å². The van der Waals surface area contributed by atoms with Gasteiger partial charge in [-0.05, 0) is 50.9 Å². The molecule has 0 aliphatic carbocycles. The number of carbonyl (C=O) groups excluding carboxylic acids is 1. The molecular formula is C21H25FN4O. The topological polar surface area (TPSA) is 49.3 Å². The molecule has 0 unspecified atom stereocenters. The van der Waals surface area contributed by atoms with E-state index < -0.39 is 0 Å². The minimum absolute atomic E-state index is 0.133. The molecule has 4 rings (SSSR count). The van der Waals surface area contributed by atoms with E-state index in [0.29, 0.717) is 13.1 Å². The molecule has 0 saturated carbocycles. The number of halogens is 1. The molecule has 1 atom stereocenters. The summed E-state index contributed by atoms with van der Waals surface area (Å²) in [5.41, 5.74) is 2.32. The second-order valence-corrected chi connectivity index (χ2v) is 7.46. The van der Waals surface area contributed by atoms with Crippen molar-refractivity contribution in [2.75, 3.05) is 32.7 Å². The lowest BCUT2D eigenvalue weighted by atomic mass is 9.91. The van der Waals surface area contributed by atoms with Gasteiger partial charge in [0.2, 0.25) is 5.91 Å². The van der Waals surface area contributed by atoms with Crippen molar-refractivity contribution in [3.63, 3.8) is 0 Å². The normalized spacial score (nSPS) is 20.8. The molecule has 2 saturated heterocycles. The van der Waals surface area contributed by atoms with Gasteiger partial charge in [0, 0.05) is 37.0 Å². The average Bonchev–Trinajstić information content (AvgIpc) is 3.21. The third-order valence-electron chi connectivity index (χ3n) is 5.54. The monoisotopic (exact) mass is 368 g/mol. The molecule has 6 heteroatoms. The number of likely N-dealkylation sites (tertiary alicyclic amines) is 2. The van der Waals surface area contributed by atoms with Crippen LogP contribution in [0.2, 0.25) is 0 Å². The summed E-state index contributed by atoms with van der Waals surface area (Å²) >= 11 is 0. The predicted molar refractivity (Wildman–Crippen MR) is 102 cm³/mol. The van der Waals surface area contributed by atoms with Crippen LogP contribution < -0.4 is 0 Å². The summed E-state index contributed by atoms with van der Waals surface area (Å²) in [6.07, 6.45) is 7.62. The summed E-state index contributed by atoms with van der Waals surface area (Å²) in [6, 6.07) is 6.47. The molecule has 1 aromatic carbocycles. The number of amides is 1. The highest BCUT2D eigenvalue weighted by molar-refractivity contribution is 5.78. The van der Waals surface area contributed by atoms with Crippen molar-refractivity contribution in [3.05, 3.63) is 48.2 Å². The molecule has 0 spiro atoms. The van der Waals surface area contributed by atoms with Gasteiger partial charge in [0.05, 0.1) is 17.9 Å². The first kappa shape index (κ1) is 18.0. The fraction of sp³-hybridized carbons (Fsp3) is 0.476. The second kappa shape index (κ2) is 8.13. The summed E-state index contributed by atoms with van der Waals surface area (Å²) < 4.78 is 13.7. The highest BCUT2D eigenvalue weighted by Gasteiger charge is 2.29. The molecule has 0 bridgehead atoms. The second-order valence-electron chi connectivity index (χ2n) is 7.46. The number of benzene rings is 1. The Morgan fingerprint density at radius 2 is 1.93 bits per heavy atom. The smallest absolute Gasteiger partial charge is 0.236 e. The number of piperidine rings is 1. The minimum Gasteiger partial charge on any atom is -0.341 e. The van der Waals surface area contributed by atoms with E-state index in [1.807, 2.05) is 11.0 Å². The third kappa shape index (κ3) is 4.16. The Kier molecular flexibility index (Phi) is 5.43. The molecule has 2 aliphatic heterocycles. The van der Waals surface area contributed by atoms with Crippen molar-refractivity contribution < 1.29 is 9.18 Å². The Morgan fingerprint density at radius 3 is 2.74 bits per heavy atom. The first-order valence-electron chi connectivity index (χ1n) is 9.77. The van der Waals surface area contributed by atoms with Crippen LogP contribution in [0.1, 0.15) is 37.3 Å². The number of hydrogen-bond donors (Lipinski definition) is 0. The van der Waals surface area contributed by atoms with E-state index in [2.05, 4.69) is 14.9 Å². The molecule has 3 heterocycles. The van der Waals surface area contributed by atoms with Gasteiger partial charge in [-0.3, -0.25) is 19.7 Å². The van der Waals surface area contributed by atoms with E-state index >= 15 is 0 Å². The SMILES string of the molecule is O=C(CN1CCCC1)N1CCC[C@H](c2nccnc2-c2cccc(F)c2)C1. The molecule has 27 heavy (non-hydrogen) atoms. The zero-order valence-electron chi connectivity index (χ0n) is 15.5.